The third-order valence-electron chi connectivity index (χ3n) is 7.04. The molecular weight excluding hydrogens is 402 g/mol. The van der Waals surface area contributed by atoms with E-state index in [1.165, 1.54) is 11.3 Å². The number of anilines is 2. The number of aryl methyl sites for hydroxylation is 1. The number of ether oxygens (including phenoxy) is 1. The Morgan fingerprint density at radius 2 is 1.81 bits per heavy atom. The molecule has 0 aromatic heterocycles. The maximum absolute atomic E-state index is 12.6. The van der Waals surface area contributed by atoms with E-state index in [1.54, 1.807) is 7.11 Å². The van der Waals surface area contributed by atoms with Gasteiger partial charge in [0.25, 0.3) is 0 Å². The summed E-state index contributed by atoms with van der Waals surface area (Å²) in [6.07, 6.45) is 3.53. The third-order valence-corrected chi connectivity index (χ3v) is 7.04. The molecule has 1 amide bonds. The first kappa shape index (κ1) is 21.3. The molecule has 0 spiro atoms. The fourth-order valence-corrected chi connectivity index (χ4v) is 4.94. The predicted octanol–water partition coefficient (Wildman–Crippen LogP) is 3.24. The Labute approximate surface area is 190 Å². The van der Waals surface area contributed by atoms with Crippen LogP contribution in [0.2, 0.25) is 0 Å². The lowest BCUT2D eigenvalue weighted by molar-refractivity contribution is -0.119. The largest absolute Gasteiger partial charge is 0.497 e. The van der Waals surface area contributed by atoms with Crippen LogP contribution in [0.15, 0.2) is 42.5 Å². The maximum atomic E-state index is 12.6. The number of benzene rings is 2. The highest BCUT2D eigenvalue weighted by molar-refractivity contribution is 5.97. The van der Waals surface area contributed by atoms with Crippen LogP contribution in [0.25, 0.3) is 0 Å². The molecule has 2 heterocycles. The van der Waals surface area contributed by atoms with Gasteiger partial charge in [-0.05, 0) is 67.1 Å². The lowest BCUT2D eigenvalue weighted by atomic mass is 9.96. The van der Waals surface area contributed by atoms with Crippen molar-refractivity contribution in [3.63, 3.8) is 0 Å². The van der Waals surface area contributed by atoms with E-state index in [1.807, 2.05) is 23.1 Å². The number of fused-ring (bicyclic) bond motifs is 1. The monoisotopic (exact) mass is 435 g/mol. The van der Waals surface area contributed by atoms with Crippen LogP contribution < -0.4 is 14.5 Å². The van der Waals surface area contributed by atoms with Gasteiger partial charge in [0, 0.05) is 56.6 Å². The summed E-state index contributed by atoms with van der Waals surface area (Å²) in [6, 6.07) is 14.4. The van der Waals surface area contributed by atoms with Crippen molar-refractivity contribution in [1.82, 2.24) is 4.90 Å². The van der Waals surface area contributed by atoms with Crippen LogP contribution >= 0.6 is 0 Å². The first-order valence-electron chi connectivity index (χ1n) is 11.9. The highest BCUT2D eigenvalue weighted by Gasteiger charge is 2.35. The van der Waals surface area contributed by atoms with Crippen molar-refractivity contribution in [3.8, 4) is 5.75 Å². The number of aliphatic hydroxyl groups is 1. The van der Waals surface area contributed by atoms with Crippen molar-refractivity contribution in [2.24, 2.45) is 5.92 Å². The Balaban J connectivity index is 1.18. The SMILES string of the molecule is COc1ccc(N2CCN(CC(O)c3ccc4c(c3)CCCN4C(=O)C3CC3)CC2)cc1. The summed E-state index contributed by atoms with van der Waals surface area (Å²) >= 11 is 0. The summed E-state index contributed by atoms with van der Waals surface area (Å²) in [5.74, 6) is 1.40. The summed E-state index contributed by atoms with van der Waals surface area (Å²) in [5, 5.41) is 10.9. The van der Waals surface area contributed by atoms with Gasteiger partial charge in [0.1, 0.15) is 5.75 Å². The number of piperazine rings is 1. The molecule has 6 nitrogen and oxygen atoms in total. The molecular formula is C26H33N3O3. The smallest absolute Gasteiger partial charge is 0.230 e. The zero-order chi connectivity index (χ0) is 22.1. The van der Waals surface area contributed by atoms with Crippen molar-refractivity contribution in [1.29, 1.82) is 0 Å². The molecule has 2 aromatic carbocycles. The molecule has 1 saturated heterocycles. The highest BCUT2D eigenvalue weighted by atomic mass is 16.5. The topological polar surface area (TPSA) is 56.2 Å². The summed E-state index contributed by atoms with van der Waals surface area (Å²) in [6.45, 7) is 5.21. The first-order valence-corrected chi connectivity index (χ1v) is 11.9. The zero-order valence-electron chi connectivity index (χ0n) is 18.9. The van der Waals surface area contributed by atoms with Crippen LogP contribution in [0.4, 0.5) is 11.4 Å². The van der Waals surface area contributed by atoms with Gasteiger partial charge in [-0.3, -0.25) is 9.69 Å². The Kier molecular flexibility index (Phi) is 6.07. The van der Waals surface area contributed by atoms with Crippen molar-refractivity contribution >= 4 is 17.3 Å². The van der Waals surface area contributed by atoms with E-state index in [0.717, 1.165) is 75.4 Å². The van der Waals surface area contributed by atoms with Gasteiger partial charge in [-0.1, -0.05) is 12.1 Å². The lowest BCUT2D eigenvalue weighted by Crippen LogP contribution is -2.47. The number of aliphatic hydroxyl groups excluding tert-OH is 1. The normalized spacial score (nSPS) is 20.1. The van der Waals surface area contributed by atoms with E-state index < -0.39 is 6.10 Å². The number of nitrogens with zero attached hydrogens (tertiary/aromatic N) is 3. The van der Waals surface area contributed by atoms with Crippen molar-refractivity contribution in [2.75, 3.05) is 56.2 Å². The van der Waals surface area contributed by atoms with Gasteiger partial charge in [-0.2, -0.15) is 0 Å². The third kappa shape index (κ3) is 4.48. The Bertz CT molecular complexity index is 949. The average Bonchev–Trinajstić information content (AvgIpc) is 3.69. The molecule has 32 heavy (non-hydrogen) atoms. The number of amides is 1. The molecule has 1 N–H and O–H groups in total. The van der Waals surface area contributed by atoms with E-state index in [2.05, 4.69) is 34.1 Å². The molecule has 1 saturated carbocycles. The van der Waals surface area contributed by atoms with Crippen LogP contribution in [0, 0.1) is 5.92 Å². The number of carbonyl (C=O) groups is 1. The second-order valence-corrected chi connectivity index (χ2v) is 9.26. The van der Waals surface area contributed by atoms with Crippen molar-refractivity contribution < 1.29 is 14.6 Å². The molecule has 1 aliphatic carbocycles. The van der Waals surface area contributed by atoms with Crippen LogP contribution in [-0.2, 0) is 11.2 Å². The van der Waals surface area contributed by atoms with Crippen LogP contribution in [0.1, 0.15) is 36.5 Å². The van der Waals surface area contributed by atoms with Gasteiger partial charge >= 0.3 is 0 Å². The van der Waals surface area contributed by atoms with Gasteiger partial charge in [0.2, 0.25) is 5.91 Å². The van der Waals surface area contributed by atoms with E-state index in [9.17, 15) is 9.90 Å². The van der Waals surface area contributed by atoms with E-state index in [0.29, 0.717) is 6.54 Å². The fourth-order valence-electron chi connectivity index (χ4n) is 4.94. The molecule has 0 bridgehead atoms. The zero-order valence-corrected chi connectivity index (χ0v) is 18.9. The number of hydrogen-bond acceptors (Lipinski definition) is 5. The summed E-state index contributed by atoms with van der Waals surface area (Å²) in [5.41, 5.74) is 4.43. The van der Waals surface area contributed by atoms with Gasteiger partial charge in [-0.15, -0.1) is 0 Å². The Morgan fingerprint density at radius 1 is 1.06 bits per heavy atom. The molecule has 1 atom stereocenters. The molecule has 170 valence electrons. The van der Waals surface area contributed by atoms with Gasteiger partial charge in [0.15, 0.2) is 0 Å². The van der Waals surface area contributed by atoms with Crippen LogP contribution in [-0.4, -0.2) is 62.3 Å². The number of β-amino-alcohol motifs (C(OH)–C–C–N with tert-alkyl or cyclic N) is 1. The second-order valence-electron chi connectivity index (χ2n) is 9.26. The minimum atomic E-state index is -0.512. The minimum absolute atomic E-state index is 0.239. The second kappa shape index (κ2) is 9.12. The fraction of sp³-hybridized carbons (Fsp3) is 0.500. The lowest BCUT2D eigenvalue weighted by Gasteiger charge is -2.37. The number of carbonyl (C=O) groups excluding carboxylic acids is 1. The molecule has 2 aliphatic heterocycles. The summed E-state index contributed by atoms with van der Waals surface area (Å²) < 4.78 is 5.25. The summed E-state index contributed by atoms with van der Waals surface area (Å²) in [4.78, 5) is 19.3. The Morgan fingerprint density at radius 3 is 2.50 bits per heavy atom. The Hall–Kier alpha value is -2.57. The van der Waals surface area contributed by atoms with Crippen LogP contribution in [0.3, 0.4) is 0 Å². The number of hydrogen-bond donors (Lipinski definition) is 1. The average molecular weight is 436 g/mol. The standard InChI is InChI=1S/C26H33N3O3/c1-32-23-9-7-22(8-10-23)28-15-13-27(14-16-28)18-25(30)21-6-11-24-20(17-21)3-2-12-29(24)26(31)19-4-5-19/h6-11,17,19,25,30H,2-5,12-16,18H2,1H3. The predicted molar refractivity (Wildman–Crippen MR) is 126 cm³/mol. The molecule has 5 rings (SSSR count). The number of methoxy groups -OCH3 is 1. The number of rotatable bonds is 6. The molecule has 6 heteroatoms. The molecule has 1 unspecified atom stereocenters. The quantitative estimate of drug-likeness (QED) is 0.755. The van der Waals surface area contributed by atoms with Gasteiger partial charge in [0.05, 0.1) is 13.2 Å². The highest BCUT2D eigenvalue weighted by Crippen LogP contribution is 2.36. The maximum Gasteiger partial charge on any atom is 0.230 e. The van der Waals surface area contributed by atoms with E-state index >= 15 is 0 Å². The summed E-state index contributed by atoms with van der Waals surface area (Å²) in [7, 11) is 1.69. The minimum Gasteiger partial charge on any atom is -0.497 e. The van der Waals surface area contributed by atoms with Gasteiger partial charge in [-0.25, -0.2) is 0 Å². The molecule has 2 aromatic rings. The van der Waals surface area contributed by atoms with E-state index in [-0.39, 0.29) is 11.8 Å². The van der Waals surface area contributed by atoms with Crippen LogP contribution in [0.5, 0.6) is 5.75 Å². The molecule has 2 fully saturated rings. The molecule has 0 radical (unpaired) electrons. The van der Waals surface area contributed by atoms with E-state index in [4.69, 9.17) is 4.74 Å². The molecule has 3 aliphatic rings. The first-order chi connectivity index (χ1) is 15.6. The van der Waals surface area contributed by atoms with Crippen molar-refractivity contribution in [2.45, 2.75) is 31.8 Å². The van der Waals surface area contributed by atoms with Crippen molar-refractivity contribution in [3.05, 3.63) is 53.6 Å². The van der Waals surface area contributed by atoms with Gasteiger partial charge < -0.3 is 19.6 Å².